The second kappa shape index (κ2) is 8.17. The van der Waals surface area contributed by atoms with Crippen LogP contribution in [0.3, 0.4) is 0 Å². The van der Waals surface area contributed by atoms with Crippen LogP contribution in [-0.2, 0) is 16.9 Å². The fourth-order valence-corrected chi connectivity index (χ4v) is 2.59. The Balaban J connectivity index is 1.81. The summed E-state index contributed by atoms with van der Waals surface area (Å²) in [7, 11) is 0. The molecule has 0 aliphatic heterocycles. The molecular formula is C21H18ClN3O2. The molecule has 136 valence electrons. The molecule has 0 amide bonds. The minimum absolute atomic E-state index is 0.152. The zero-order valence-electron chi connectivity index (χ0n) is 15.0. The summed E-state index contributed by atoms with van der Waals surface area (Å²) in [5.41, 5.74) is 0.567. The average molecular weight is 380 g/mol. The molecule has 1 unspecified atom stereocenters. The summed E-state index contributed by atoms with van der Waals surface area (Å²) in [6.45, 7) is 3.55. The molecule has 0 bridgehead atoms. The molecule has 3 aromatic rings. The maximum atomic E-state index is 12.3. The lowest BCUT2D eigenvalue weighted by Gasteiger charge is -2.24. The van der Waals surface area contributed by atoms with Crippen molar-refractivity contribution in [2.24, 2.45) is 0 Å². The zero-order chi connectivity index (χ0) is 19.3. The molecule has 0 saturated heterocycles. The molecule has 0 aliphatic carbocycles. The number of hydrogen-bond donors (Lipinski definition) is 1. The Bertz CT molecular complexity index is 1000. The highest BCUT2D eigenvalue weighted by atomic mass is 35.5. The second-order valence-corrected chi connectivity index (χ2v) is 6.56. The number of carbonyl (C=O) groups excluding carboxylic acids is 1. The standard InChI is InChI=1S/C21H18ClN3O2/c1-15(26)21(2,23-14-17-10-6-7-11-18(17)22)20-25-24-19(27-20)13-12-16-8-4-3-5-9-16/h3-11,23H,14H2,1-2H3. The smallest absolute Gasteiger partial charge is 0.294 e. The van der Waals surface area contributed by atoms with Gasteiger partial charge in [0.05, 0.1) is 0 Å². The molecule has 1 N–H and O–H groups in total. The Morgan fingerprint density at radius 2 is 1.81 bits per heavy atom. The van der Waals surface area contributed by atoms with Crippen LogP contribution >= 0.6 is 11.6 Å². The third-order valence-electron chi connectivity index (χ3n) is 4.23. The van der Waals surface area contributed by atoms with E-state index in [2.05, 4.69) is 27.4 Å². The van der Waals surface area contributed by atoms with Crippen LogP contribution in [0.4, 0.5) is 0 Å². The minimum Gasteiger partial charge on any atom is -0.412 e. The number of ketones is 1. The molecule has 0 radical (unpaired) electrons. The van der Waals surface area contributed by atoms with Crippen LogP contribution in [0.2, 0.25) is 5.02 Å². The molecule has 1 atom stereocenters. The maximum absolute atomic E-state index is 12.3. The van der Waals surface area contributed by atoms with Gasteiger partial charge in [-0.2, -0.15) is 0 Å². The van der Waals surface area contributed by atoms with Gasteiger partial charge in [0.1, 0.15) is 0 Å². The largest absolute Gasteiger partial charge is 0.412 e. The van der Waals surface area contributed by atoms with Crippen molar-refractivity contribution in [1.82, 2.24) is 15.5 Å². The molecule has 27 heavy (non-hydrogen) atoms. The van der Waals surface area contributed by atoms with E-state index in [0.717, 1.165) is 11.1 Å². The van der Waals surface area contributed by atoms with Crippen LogP contribution in [-0.4, -0.2) is 16.0 Å². The highest BCUT2D eigenvalue weighted by molar-refractivity contribution is 6.31. The van der Waals surface area contributed by atoms with Gasteiger partial charge in [-0.1, -0.05) is 59.0 Å². The van der Waals surface area contributed by atoms with Crippen molar-refractivity contribution in [3.63, 3.8) is 0 Å². The van der Waals surface area contributed by atoms with Gasteiger partial charge in [-0.15, -0.1) is 5.10 Å². The van der Waals surface area contributed by atoms with E-state index < -0.39 is 5.54 Å². The molecule has 0 saturated carbocycles. The monoisotopic (exact) mass is 379 g/mol. The van der Waals surface area contributed by atoms with E-state index in [1.54, 1.807) is 13.0 Å². The van der Waals surface area contributed by atoms with Gasteiger partial charge in [0.15, 0.2) is 11.3 Å². The molecule has 1 heterocycles. The molecule has 2 aromatic carbocycles. The minimum atomic E-state index is -1.14. The van der Waals surface area contributed by atoms with Gasteiger partial charge in [0.25, 0.3) is 5.89 Å². The van der Waals surface area contributed by atoms with E-state index in [1.807, 2.05) is 48.5 Å². The van der Waals surface area contributed by atoms with Crippen molar-refractivity contribution in [1.29, 1.82) is 0 Å². The quantitative estimate of drug-likeness (QED) is 0.684. The molecule has 6 heteroatoms. The predicted molar refractivity (Wildman–Crippen MR) is 103 cm³/mol. The summed E-state index contributed by atoms with van der Waals surface area (Å²) in [5, 5.41) is 11.8. The molecule has 3 rings (SSSR count). The van der Waals surface area contributed by atoms with E-state index in [1.165, 1.54) is 6.92 Å². The number of carbonyl (C=O) groups is 1. The fraction of sp³-hybridized carbons (Fsp3) is 0.190. The number of nitrogens with one attached hydrogen (secondary N) is 1. The summed E-state index contributed by atoms with van der Waals surface area (Å²) in [6, 6.07) is 16.9. The Morgan fingerprint density at radius 3 is 2.52 bits per heavy atom. The average Bonchev–Trinajstić information content (AvgIpc) is 3.16. The number of benzene rings is 2. The number of nitrogens with zero attached hydrogens (tertiary/aromatic N) is 2. The van der Waals surface area contributed by atoms with Gasteiger partial charge in [-0.05, 0) is 43.5 Å². The third kappa shape index (κ3) is 4.43. The third-order valence-corrected chi connectivity index (χ3v) is 4.60. The Labute approximate surface area is 162 Å². The number of hydrogen-bond acceptors (Lipinski definition) is 5. The van der Waals surface area contributed by atoms with Gasteiger partial charge in [-0.3, -0.25) is 10.1 Å². The fourth-order valence-electron chi connectivity index (χ4n) is 2.39. The molecule has 0 aliphatic rings. The van der Waals surface area contributed by atoms with Gasteiger partial charge < -0.3 is 4.42 Å². The van der Waals surface area contributed by atoms with Crippen LogP contribution < -0.4 is 5.32 Å². The first-order valence-electron chi connectivity index (χ1n) is 8.39. The molecule has 0 fully saturated rings. The van der Waals surface area contributed by atoms with Crippen LogP contribution in [0.15, 0.2) is 59.0 Å². The van der Waals surface area contributed by atoms with E-state index in [0.29, 0.717) is 11.6 Å². The van der Waals surface area contributed by atoms with Crippen molar-refractivity contribution in [2.75, 3.05) is 0 Å². The molecule has 1 aromatic heterocycles. The summed E-state index contributed by atoms with van der Waals surface area (Å²) >= 11 is 6.19. The maximum Gasteiger partial charge on any atom is 0.294 e. The van der Waals surface area contributed by atoms with E-state index in [9.17, 15) is 4.79 Å². The highest BCUT2D eigenvalue weighted by Gasteiger charge is 2.37. The SMILES string of the molecule is CC(=O)C(C)(NCc1ccccc1Cl)c1nnc(C#Cc2ccccc2)o1. The lowest BCUT2D eigenvalue weighted by molar-refractivity contribution is -0.124. The Hall–Kier alpha value is -2.94. The van der Waals surface area contributed by atoms with Gasteiger partial charge in [0.2, 0.25) is 5.89 Å². The van der Waals surface area contributed by atoms with Crippen LogP contribution in [0.25, 0.3) is 0 Å². The second-order valence-electron chi connectivity index (χ2n) is 6.15. The van der Waals surface area contributed by atoms with Crippen LogP contribution in [0.1, 0.15) is 36.8 Å². The van der Waals surface area contributed by atoms with E-state index >= 15 is 0 Å². The number of Topliss-reactive ketones (excluding diaryl/α,β-unsaturated/α-hetero) is 1. The molecular weight excluding hydrogens is 362 g/mol. The van der Waals surface area contributed by atoms with E-state index in [4.69, 9.17) is 16.0 Å². The first-order chi connectivity index (χ1) is 13.0. The summed E-state index contributed by atoms with van der Waals surface area (Å²) in [5.74, 6) is 5.94. The van der Waals surface area contributed by atoms with Crippen molar-refractivity contribution in [3.05, 3.63) is 82.5 Å². The summed E-state index contributed by atoms with van der Waals surface area (Å²) in [6.07, 6.45) is 0. The highest BCUT2D eigenvalue weighted by Crippen LogP contribution is 2.23. The van der Waals surface area contributed by atoms with Gasteiger partial charge in [-0.25, -0.2) is 0 Å². The normalized spacial score (nSPS) is 12.7. The topological polar surface area (TPSA) is 68.0 Å². The predicted octanol–water partition coefficient (Wildman–Crippen LogP) is 3.72. The molecule has 5 nitrogen and oxygen atoms in total. The Kier molecular flexibility index (Phi) is 5.70. The first kappa shape index (κ1) is 18.8. The number of aromatic nitrogens is 2. The van der Waals surface area contributed by atoms with Crippen molar-refractivity contribution < 1.29 is 9.21 Å². The Morgan fingerprint density at radius 1 is 1.11 bits per heavy atom. The summed E-state index contributed by atoms with van der Waals surface area (Å²) in [4.78, 5) is 12.3. The van der Waals surface area contributed by atoms with Gasteiger partial charge in [0, 0.05) is 17.1 Å². The summed E-state index contributed by atoms with van der Waals surface area (Å²) < 4.78 is 5.64. The molecule has 0 spiro atoms. The number of halogens is 1. The lowest BCUT2D eigenvalue weighted by Crippen LogP contribution is -2.45. The van der Waals surface area contributed by atoms with Crippen molar-refractivity contribution >= 4 is 17.4 Å². The van der Waals surface area contributed by atoms with Crippen molar-refractivity contribution in [3.8, 4) is 11.8 Å². The zero-order valence-corrected chi connectivity index (χ0v) is 15.7. The van der Waals surface area contributed by atoms with Crippen LogP contribution in [0.5, 0.6) is 0 Å². The number of rotatable bonds is 5. The first-order valence-corrected chi connectivity index (χ1v) is 8.77. The van der Waals surface area contributed by atoms with Gasteiger partial charge >= 0.3 is 0 Å². The van der Waals surface area contributed by atoms with Crippen LogP contribution in [0, 0.1) is 11.8 Å². The van der Waals surface area contributed by atoms with E-state index in [-0.39, 0.29) is 17.6 Å². The lowest BCUT2D eigenvalue weighted by atomic mass is 9.97. The van der Waals surface area contributed by atoms with Crippen molar-refractivity contribution in [2.45, 2.75) is 25.9 Å².